The summed E-state index contributed by atoms with van der Waals surface area (Å²) in [6.07, 6.45) is 3.59. The van der Waals surface area contributed by atoms with E-state index in [-0.39, 0.29) is 17.7 Å². The van der Waals surface area contributed by atoms with Crippen LogP contribution in [0.3, 0.4) is 0 Å². The van der Waals surface area contributed by atoms with Crippen molar-refractivity contribution in [1.82, 2.24) is 19.8 Å². The summed E-state index contributed by atoms with van der Waals surface area (Å²) in [5, 5.41) is 2.94. The highest BCUT2D eigenvalue weighted by Crippen LogP contribution is 2.17. The van der Waals surface area contributed by atoms with E-state index in [4.69, 9.17) is 4.98 Å². The van der Waals surface area contributed by atoms with Crippen molar-refractivity contribution in [3.8, 4) is 0 Å². The number of nitrogens with one attached hydrogen (secondary N) is 1. The van der Waals surface area contributed by atoms with E-state index in [1.54, 1.807) is 4.90 Å². The summed E-state index contributed by atoms with van der Waals surface area (Å²) in [6, 6.07) is 7.91. The van der Waals surface area contributed by atoms with E-state index in [1.807, 2.05) is 49.7 Å². The number of carbonyl (C=O) groups is 2. The average molecular weight is 373 g/mol. The number of fused-ring (bicyclic) bond motifs is 1. The fraction of sp³-hybridized carbons (Fsp3) is 0.571. The number of hydrogen-bond acceptors (Lipinski definition) is 3. The standard InChI is InChI=1S/C21H32N4O2/c1-5-6-14-24(4)20(26)15-25-18-11-8-7-10-17(18)23-19(25)12-9-13-22-21(27)16(2)3/h7-8,10-11,16H,5-6,9,12-15H2,1-4H3,(H,22,27). The van der Waals surface area contributed by atoms with Gasteiger partial charge in [-0.15, -0.1) is 0 Å². The predicted octanol–water partition coefficient (Wildman–Crippen LogP) is 3.00. The fourth-order valence-electron chi connectivity index (χ4n) is 2.93. The second-order valence-electron chi connectivity index (χ2n) is 7.32. The molecule has 0 aliphatic rings. The van der Waals surface area contributed by atoms with Crippen LogP contribution in [0.1, 0.15) is 45.9 Å². The molecule has 0 saturated carbocycles. The molecule has 2 aromatic rings. The number of amides is 2. The van der Waals surface area contributed by atoms with Crippen molar-refractivity contribution < 1.29 is 9.59 Å². The van der Waals surface area contributed by atoms with Gasteiger partial charge in [0.2, 0.25) is 11.8 Å². The maximum Gasteiger partial charge on any atom is 0.242 e. The first-order chi connectivity index (χ1) is 12.9. The lowest BCUT2D eigenvalue weighted by molar-refractivity contribution is -0.130. The SMILES string of the molecule is CCCCN(C)C(=O)Cn1c(CCCNC(=O)C(C)C)nc2ccccc21. The lowest BCUT2D eigenvalue weighted by atomic mass is 10.2. The number of benzene rings is 1. The maximum absolute atomic E-state index is 12.6. The number of carbonyl (C=O) groups excluding carboxylic acids is 2. The third kappa shape index (κ3) is 5.81. The van der Waals surface area contributed by atoms with Gasteiger partial charge in [-0.3, -0.25) is 9.59 Å². The Morgan fingerprint density at radius 3 is 2.67 bits per heavy atom. The molecule has 0 unspecified atom stereocenters. The van der Waals surface area contributed by atoms with E-state index in [1.165, 1.54) is 0 Å². The van der Waals surface area contributed by atoms with Crippen LogP contribution in [0.2, 0.25) is 0 Å². The van der Waals surface area contributed by atoms with E-state index >= 15 is 0 Å². The van der Waals surface area contributed by atoms with Crippen molar-refractivity contribution in [3.05, 3.63) is 30.1 Å². The van der Waals surface area contributed by atoms with Gasteiger partial charge >= 0.3 is 0 Å². The van der Waals surface area contributed by atoms with Crippen molar-refractivity contribution in [1.29, 1.82) is 0 Å². The Kier molecular flexibility index (Phi) is 7.82. The predicted molar refractivity (Wildman–Crippen MR) is 108 cm³/mol. The number of para-hydroxylation sites is 2. The van der Waals surface area contributed by atoms with E-state index in [9.17, 15) is 9.59 Å². The first-order valence-corrected chi connectivity index (χ1v) is 9.89. The van der Waals surface area contributed by atoms with Crippen LogP contribution in [-0.2, 0) is 22.6 Å². The molecule has 0 fully saturated rings. The summed E-state index contributed by atoms with van der Waals surface area (Å²) in [7, 11) is 1.86. The number of nitrogens with zero attached hydrogens (tertiary/aromatic N) is 3. The third-order valence-electron chi connectivity index (χ3n) is 4.70. The minimum absolute atomic E-state index is 0.00847. The van der Waals surface area contributed by atoms with Gasteiger partial charge < -0.3 is 14.8 Å². The van der Waals surface area contributed by atoms with Crippen LogP contribution in [-0.4, -0.2) is 46.4 Å². The lowest BCUT2D eigenvalue weighted by Crippen LogP contribution is -2.31. The number of likely N-dealkylation sites (N-methyl/N-ethyl adjacent to an activating group) is 1. The van der Waals surface area contributed by atoms with Crippen LogP contribution in [0.25, 0.3) is 11.0 Å². The van der Waals surface area contributed by atoms with Crippen LogP contribution < -0.4 is 5.32 Å². The Labute approximate surface area is 161 Å². The third-order valence-corrected chi connectivity index (χ3v) is 4.70. The minimum Gasteiger partial charge on any atom is -0.356 e. The molecule has 0 bridgehead atoms. The molecule has 148 valence electrons. The van der Waals surface area contributed by atoms with Gasteiger partial charge in [-0.2, -0.15) is 0 Å². The second-order valence-corrected chi connectivity index (χ2v) is 7.32. The van der Waals surface area contributed by atoms with Crippen molar-refractivity contribution in [2.75, 3.05) is 20.1 Å². The Balaban J connectivity index is 2.08. The molecule has 0 aliphatic carbocycles. The van der Waals surface area contributed by atoms with Crippen LogP contribution in [0, 0.1) is 5.92 Å². The Morgan fingerprint density at radius 1 is 1.22 bits per heavy atom. The first-order valence-electron chi connectivity index (χ1n) is 9.89. The minimum atomic E-state index is -0.00847. The Morgan fingerprint density at radius 2 is 1.96 bits per heavy atom. The van der Waals surface area contributed by atoms with E-state index in [0.717, 1.165) is 49.1 Å². The molecule has 0 aliphatic heterocycles. The topological polar surface area (TPSA) is 67.2 Å². The molecule has 1 aromatic heterocycles. The quantitative estimate of drug-likeness (QED) is 0.652. The average Bonchev–Trinajstić information content (AvgIpc) is 3.00. The molecule has 0 saturated heterocycles. The van der Waals surface area contributed by atoms with Crippen LogP contribution >= 0.6 is 0 Å². The van der Waals surface area contributed by atoms with Crippen LogP contribution in [0.5, 0.6) is 0 Å². The summed E-state index contributed by atoms with van der Waals surface area (Å²) in [5.74, 6) is 1.05. The normalized spacial score (nSPS) is 11.1. The van der Waals surface area contributed by atoms with Gasteiger partial charge in [0, 0.05) is 32.5 Å². The molecular weight excluding hydrogens is 340 g/mol. The van der Waals surface area contributed by atoms with E-state index in [0.29, 0.717) is 13.1 Å². The van der Waals surface area contributed by atoms with Gasteiger partial charge in [0.25, 0.3) is 0 Å². The van der Waals surface area contributed by atoms with Gasteiger partial charge in [-0.1, -0.05) is 39.3 Å². The maximum atomic E-state index is 12.6. The van der Waals surface area contributed by atoms with E-state index in [2.05, 4.69) is 12.2 Å². The molecule has 27 heavy (non-hydrogen) atoms. The molecule has 1 heterocycles. The largest absolute Gasteiger partial charge is 0.356 e. The molecule has 0 spiro atoms. The number of hydrogen-bond donors (Lipinski definition) is 1. The summed E-state index contributed by atoms with van der Waals surface area (Å²) >= 11 is 0. The van der Waals surface area contributed by atoms with Gasteiger partial charge in [0.1, 0.15) is 12.4 Å². The van der Waals surface area contributed by atoms with Gasteiger partial charge in [0.05, 0.1) is 11.0 Å². The highest BCUT2D eigenvalue weighted by Gasteiger charge is 2.16. The number of unbranched alkanes of at least 4 members (excludes halogenated alkanes) is 1. The van der Waals surface area contributed by atoms with Crippen molar-refractivity contribution in [3.63, 3.8) is 0 Å². The zero-order valence-corrected chi connectivity index (χ0v) is 17.0. The molecule has 0 radical (unpaired) electrons. The monoisotopic (exact) mass is 372 g/mol. The molecule has 2 amide bonds. The van der Waals surface area contributed by atoms with Crippen LogP contribution in [0.15, 0.2) is 24.3 Å². The number of rotatable bonds is 10. The Hall–Kier alpha value is -2.37. The van der Waals surface area contributed by atoms with Gasteiger partial charge in [-0.25, -0.2) is 4.98 Å². The molecule has 6 nitrogen and oxygen atoms in total. The van der Waals surface area contributed by atoms with Crippen molar-refractivity contribution in [2.45, 2.75) is 53.0 Å². The van der Waals surface area contributed by atoms with Gasteiger partial charge in [-0.05, 0) is 25.0 Å². The summed E-state index contributed by atoms with van der Waals surface area (Å²) in [4.78, 5) is 30.8. The molecule has 0 atom stereocenters. The van der Waals surface area contributed by atoms with Gasteiger partial charge in [0.15, 0.2) is 0 Å². The number of aryl methyl sites for hydroxylation is 1. The lowest BCUT2D eigenvalue weighted by Gasteiger charge is -2.18. The molecule has 2 rings (SSSR count). The Bertz CT molecular complexity index is 767. The zero-order chi connectivity index (χ0) is 19.8. The van der Waals surface area contributed by atoms with Crippen LogP contribution in [0.4, 0.5) is 0 Å². The summed E-state index contributed by atoms with van der Waals surface area (Å²) in [6.45, 7) is 7.58. The van der Waals surface area contributed by atoms with E-state index < -0.39 is 0 Å². The first kappa shape index (κ1) is 20.9. The molecular formula is C21H32N4O2. The summed E-state index contributed by atoms with van der Waals surface area (Å²) in [5.41, 5.74) is 1.89. The molecule has 1 aromatic carbocycles. The smallest absolute Gasteiger partial charge is 0.242 e. The number of imidazole rings is 1. The fourth-order valence-corrected chi connectivity index (χ4v) is 2.93. The van der Waals surface area contributed by atoms with Crippen molar-refractivity contribution in [2.24, 2.45) is 5.92 Å². The molecule has 1 N–H and O–H groups in total. The molecule has 6 heteroatoms. The number of aromatic nitrogens is 2. The summed E-state index contributed by atoms with van der Waals surface area (Å²) < 4.78 is 2.02. The second kappa shape index (κ2) is 10.1. The zero-order valence-electron chi connectivity index (χ0n) is 17.0. The highest BCUT2D eigenvalue weighted by atomic mass is 16.2. The highest BCUT2D eigenvalue weighted by molar-refractivity contribution is 5.81. The van der Waals surface area contributed by atoms with Crippen molar-refractivity contribution >= 4 is 22.8 Å².